The maximum Gasteiger partial charge on any atom is 0.262 e. The summed E-state index contributed by atoms with van der Waals surface area (Å²) in [4.78, 5) is 32.3. The molecule has 2 aromatic heterocycles. The molecule has 0 saturated carbocycles. The molecule has 4 aromatic rings. The van der Waals surface area contributed by atoms with Crippen LogP contribution in [-0.4, -0.2) is 38.5 Å². The van der Waals surface area contributed by atoms with Crippen molar-refractivity contribution in [3.63, 3.8) is 0 Å². The van der Waals surface area contributed by atoms with E-state index in [4.69, 9.17) is 4.74 Å². The first-order valence-corrected chi connectivity index (χ1v) is 11.0. The van der Waals surface area contributed by atoms with Gasteiger partial charge in [-0.2, -0.15) is 5.10 Å². The summed E-state index contributed by atoms with van der Waals surface area (Å²) >= 11 is 1.17. The number of carbonyl (C=O) groups is 1. The molecule has 0 aliphatic carbocycles. The Hall–Kier alpha value is -3.59. The van der Waals surface area contributed by atoms with Gasteiger partial charge in [-0.1, -0.05) is 29.5 Å². The van der Waals surface area contributed by atoms with Gasteiger partial charge in [-0.25, -0.2) is 9.67 Å². The molecule has 1 amide bonds. The van der Waals surface area contributed by atoms with Gasteiger partial charge in [-0.3, -0.25) is 9.59 Å². The maximum absolute atomic E-state index is 12.5. The largest absolute Gasteiger partial charge is 0.497 e. The molecule has 4 rings (SSSR count). The second kappa shape index (κ2) is 8.88. The predicted molar refractivity (Wildman–Crippen MR) is 126 cm³/mol. The van der Waals surface area contributed by atoms with Crippen LogP contribution in [0.15, 0.2) is 52.5 Å². The molecule has 0 atom stereocenters. The smallest absolute Gasteiger partial charge is 0.262 e. The summed E-state index contributed by atoms with van der Waals surface area (Å²) in [5, 5.41) is 7.99. The van der Waals surface area contributed by atoms with Crippen molar-refractivity contribution in [2.24, 2.45) is 0 Å². The van der Waals surface area contributed by atoms with Gasteiger partial charge in [-0.05, 0) is 56.2 Å². The topological polar surface area (TPSA) is 102 Å². The van der Waals surface area contributed by atoms with E-state index in [1.807, 2.05) is 57.2 Å². The van der Waals surface area contributed by atoms with E-state index in [0.29, 0.717) is 16.2 Å². The SMILES string of the molecule is COc1ccc(-n2ncc3c(=O)[nH]c(SCC(=O)Nc4c(C)cc(C)cc4C)nc32)cc1. The number of nitrogens with one attached hydrogen (secondary N) is 2. The number of anilines is 1. The van der Waals surface area contributed by atoms with Crippen molar-refractivity contribution in [2.45, 2.75) is 25.9 Å². The Labute approximate surface area is 189 Å². The number of carbonyl (C=O) groups excluding carboxylic acids is 1. The zero-order valence-electron chi connectivity index (χ0n) is 18.2. The Morgan fingerprint density at radius 2 is 1.84 bits per heavy atom. The fourth-order valence-corrected chi connectivity index (χ4v) is 4.22. The monoisotopic (exact) mass is 449 g/mol. The molecule has 0 saturated heterocycles. The number of aryl methyl sites for hydroxylation is 3. The van der Waals surface area contributed by atoms with Crippen LogP contribution in [0.5, 0.6) is 5.75 Å². The number of rotatable bonds is 6. The minimum atomic E-state index is -0.303. The van der Waals surface area contributed by atoms with Crippen molar-refractivity contribution < 1.29 is 9.53 Å². The number of nitrogens with zero attached hydrogens (tertiary/aromatic N) is 3. The van der Waals surface area contributed by atoms with Crippen LogP contribution >= 0.6 is 11.8 Å². The third-order valence-corrected chi connectivity index (χ3v) is 5.89. The second-order valence-corrected chi connectivity index (χ2v) is 8.44. The van der Waals surface area contributed by atoms with Crippen molar-refractivity contribution >= 4 is 34.4 Å². The number of aromatic nitrogens is 4. The van der Waals surface area contributed by atoms with Gasteiger partial charge < -0.3 is 15.0 Å². The highest BCUT2D eigenvalue weighted by atomic mass is 32.2. The van der Waals surface area contributed by atoms with Gasteiger partial charge in [-0.15, -0.1) is 0 Å². The quantitative estimate of drug-likeness (QED) is 0.343. The fourth-order valence-electron chi connectivity index (χ4n) is 3.57. The van der Waals surface area contributed by atoms with Crippen LogP contribution in [0.1, 0.15) is 16.7 Å². The summed E-state index contributed by atoms with van der Waals surface area (Å²) in [6.07, 6.45) is 1.48. The molecule has 0 aliphatic rings. The molecule has 9 heteroatoms. The fraction of sp³-hybridized carbons (Fsp3) is 0.217. The maximum atomic E-state index is 12.5. The number of benzene rings is 2. The Balaban J connectivity index is 1.55. The van der Waals surface area contributed by atoms with Crippen LogP contribution in [0.4, 0.5) is 5.69 Å². The van der Waals surface area contributed by atoms with Crippen molar-refractivity contribution in [1.29, 1.82) is 0 Å². The van der Waals surface area contributed by atoms with E-state index in [1.54, 1.807) is 11.8 Å². The lowest BCUT2D eigenvalue weighted by Gasteiger charge is -2.12. The first-order chi connectivity index (χ1) is 15.4. The Morgan fingerprint density at radius 1 is 1.16 bits per heavy atom. The van der Waals surface area contributed by atoms with E-state index in [-0.39, 0.29) is 17.2 Å². The molecule has 2 aromatic carbocycles. The normalized spacial score (nSPS) is 11.0. The summed E-state index contributed by atoms with van der Waals surface area (Å²) in [7, 11) is 1.60. The van der Waals surface area contributed by atoms with E-state index in [9.17, 15) is 9.59 Å². The summed E-state index contributed by atoms with van der Waals surface area (Å²) in [5.74, 6) is 0.659. The minimum absolute atomic E-state index is 0.109. The zero-order chi connectivity index (χ0) is 22.8. The number of ether oxygens (including phenoxy) is 1. The second-order valence-electron chi connectivity index (χ2n) is 7.47. The molecule has 0 bridgehead atoms. The van der Waals surface area contributed by atoms with Gasteiger partial charge in [0.25, 0.3) is 5.56 Å². The van der Waals surface area contributed by atoms with Crippen molar-refractivity contribution in [3.8, 4) is 11.4 Å². The highest BCUT2D eigenvalue weighted by molar-refractivity contribution is 7.99. The number of amides is 1. The highest BCUT2D eigenvalue weighted by Gasteiger charge is 2.14. The van der Waals surface area contributed by atoms with Crippen LogP contribution in [-0.2, 0) is 4.79 Å². The van der Waals surface area contributed by atoms with E-state index in [2.05, 4.69) is 20.4 Å². The van der Waals surface area contributed by atoms with Crippen LogP contribution in [0, 0.1) is 20.8 Å². The summed E-state index contributed by atoms with van der Waals surface area (Å²) in [6.45, 7) is 5.96. The molecule has 0 fully saturated rings. The predicted octanol–water partition coefficient (Wildman–Crippen LogP) is 3.77. The minimum Gasteiger partial charge on any atom is -0.497 e. The van der Waals surface area contributed by atoms with Crippen molar-refractivity contribution in [2.75, 3.05) is 18.2 Å². The molecule has 0 unspecified atom stereocenters. The van der Waals surface area contributed by atoms with Gasteiger partial charge >= 0.3 is 0 Å². The van der Waals surface area contributed by atoms with Crippen LogP contribution in [0.25, 0.3) is 16.7 Å². The molecule has 0 aliphatic heterocycles. The van der Waals surface area contributed by atoms with Crippen molar-refractivity contribution in [3.05, 3.63) is 69.6 Å². The third-order valence-electron chi connectivity index (χ3n) is 5.01. The number of hydrogen-bond donors (Lipinski definition) is 2. The Bertz CT molecular complexity index is 1340. The van der Waals surface area contributed by atoms with E-state index in [0.717, 1.165) is 33.8 Å². The van der Waals surface area contributed by atoms with Crippen LogP contribution < -0.4 is 15.6 Å². The molecule has 32 heavy (non-hydrogen) atoms. The lowest BCUT2D eigenvalue weighted by atomic mass is 10.1. The lowest BCUT2D eigenvalue weighted by molar-refractivity contribution is -0.113. The molecule has 164 valence electrons. The van der Waals surface area contributed by atoms with Gasteiger partial charge in [0.1, 0.15) is 11.1 Å². The van der Waals surface area contributed by atoms with E-state index >= 15 is 0 Å². The zero-order valence-corrected chi connectivity index (χ0v) is 19.0. The highest BCUT2D eigenvalue weighted by Crippen LogP contribution is 2.23. The van der Waals surface area contributed by atoms with Gasteiger partial charge in [0, 0.05) is 5.69 Å². The number of H-pyrrole nitrogens is 1. The molecule has 2 N–H and O–H groups in total. The number of methoxy groups -OCH3 is 1. The molecular formula is C23H23N5O3S. The number of aromatic amines is 1. The number of hydrogen-bond acceptors (Lipinski definition) is 6. The summed E-state index contributed by atoms with van der Waals surface area (Å²) in [5.41, 5.74) is 4.86. The lowest BCUT2D eigenvalue weighted by Crippen LogP contribution is -2.17. The van der Waals surface area contributed by atoms with Crippen molar-refractivity contribution in [1.82, 2.24) is 19.7 Å². The molecule has 2 heterocycles. The Morgan fingerprint density at radius 3 is 2.50 bits per heavy atom. The van der Waals surface area contributed by atoms with E-state index in [1.165, 1.54) is 18.0 Å². The molecule has 8 nitrogen and oxygen atoms in total. The first kappa shape index (κ1) is 21.6. The average molecular weight is 450 g/mol. The number of fused-ring (bicyclic) bond motifs is 1. The van der Waals surface area contributed by atoms with E-state index < -0.39 is 0 Å². The Kier molecular flexibility index (Phi) is 6.00. The van der Waals surface area contributed by atoms with Gasteiger partial charge in [0.05, 0.1) is 24.7 Å². The van der Waals surface area contributed by atoms with Crippen LogP contribution in [0.2, 0.25) is 0 Å². The van der Waals surface area contributed by atoms with Gasteiger partial charge in [0.2, 0.25) is 5.91 Å². The third kappa shape index (κ3) is 4.38. The molecular weight excluding hydrogens is 426 g/mol. The summed E-state index contributed by atoms with van der Waals surface area (Å²) in [6, 6.07) is 11.4. The number of thioether (sulfide) groups is 1. The van der Waals surface area contributed by atoms with Gasteiger partial charge in [0.15, 0.2) is 10.8 Å². The molecule has 0 radical (unpaired) electrons. The first-order valence-electron chi connectivity index (χ1n) is 9.98. The standard InChI is InChI=1S/C23H23N5O3S/c1-13-9-14(2)20(15(3)10-13)25-19(29)12-32-23-26-21-18(22(30)27-23)11-24-28(21)16-5-7-17(31-4)8-6-16/h5-11H,12H2,1-4H3,(H,25,29)(H,26,27,30). The molecule has 0 spiro atoms. The average Bonchev–Trinajstić information content (AvgIpc) is 3.19. The van der Waals surface area contributed by atoms with Crippen LogP contribution in [0.3, 0.4) is 0 Å². The summed E-state index contributed by atoms with van der Waals surface area (Å²) < 4.78 is 6.78.